The van der Waals surface area contributed by atoms with E-state index in [1.807, 2.05) is 6.92 Å². The Bertz CT molecular complexity index is 933. The van der Waals surface area contributed by atoms with Crippen LogP contribution in [0.4, 0.5) is 18.9 Å². The van der Waals surface area contributed by atoms with Crippen molar-refractivity contribution >= 4 is 17.6 Å². The van der Waals surface area contributed by atoms with Gasteiger partial charge < -0.3 is 29.0 Å². The molecule has 0 aromatic heterocycles. The predicted molar refractivity (Wildman–Crippen MR) is 116 cm³/mol. The van der Waals surface area contributed by atoms with Crippen LogP contribution in [0.2, 0.25) is 0 Å². The van der Waals surface area contributed by atoms with Gasteiger partial charge >= 0.3 is 12.1 Å². The van der Waals surface area contributed by atoms with E-state index in [2.05, 4.69) is 5.32 Å². The van der Waals surface area contributed by atoms with Crippen molar-refractivity contribution in [2.45, 2.75) is 19.5 Å². The molecule has 0 aliphatic heterocycles. The van der Waals surface area contributed by atoms with E-state index in [9.17, 15) is 22.8 Å². The molecule has 0 radical (unpaired) electrons. The number of hydrogen-bond acceptors (Lipinski definition) is 7. The van der Waals surface area contributed by atoms with Crippen LogP contribution in [0.25, 0.3) is 0 Å². The number of amides is 1. The normalized spacial score (nSPS) is 11.0. The molecule has 2 aromatic rings. The van der Waals surface area contributed by atoms with E-state index in [1.165, 1.54) is 7.11 Å². The van der Waals surface area contributed by atoms with Crippen molar-refractivity contribution in [1.82, 2.24) is 0 Å². The number of anilines is 1. The lowest BCUT2D eigenvalue weighted by Gasteiger charge is -2.15. The maximum atomic E-state index is 13.0. The molecule has 0 bridgehead atoms. The number of alkyl halides is 3. The van der Waals surface area contributed by atoms with E-state index in [-0.39, 0.29) is 37.7 Å². The molecule has 2 aromatic carbocycles. The smallest absolute Gasteiger partial charge is 0.416 e. The first-order chi connectivity index (χ1) is 16.2. The molecule has 1 N–H and O–H groups in total. The van der Waals surface area contributed by atoms with Gasteiger partial charge in [-0.1, -0.05) is 0 Å². The summed E-state index contributed by atoms with van der Waals surface area (Å²) in [7, 11) is 1.44. The van der Waals surface area contributed by atoms with Crippen molar-refractivity contribution in [2.75, 3.05) is 45.5 Å². The average molecular weight is 485 g/mol. The first-order valence-electron chi connectivity index (χ1n) is 10.4. The first-order valence-corrected chi connectivity index (χ1v) is 10.4. The molecule has 0 saturated carbocycles. The van der Waals surface area contributed by atoms with Gasteiger partial charge in [0.25, 0.3) is 5.91 Å². The number of methoxy groups -OCH3 is 1. The van der Waals surface area contributed by atoms with Crippen molar-refractivity contribution in [2.24, 2.45) is 0 Å². The highest BCUT2D eigenvalue weighted by molar-refractivity contribution is 5.94. The van der Waals surface area contributed by atoms with E-state index in [0.29, 0.717) is 18.1 Å². The highest BCUT2D eigenvalue weighted by Crippen LogP contribution is 2.35. The predicted octanol–water partition coefficient (Wildman–Crippen LogP) is 4.08. The van der Waals surface area contributed by atoms with Crippen LogP contribution in [0, 0.1) is 0 Å². The number of carbonyl (C=O) groups excluding carboxylic acids is 2. The van der Waals surface area contributed by atoms with E-state index in [0.717, 1.165) is 18.2 Å². The van der Waals surface area contributed by atoms with E-state index < -0.39 is 30.2 Å². The van der Waals surface area contributed by atoms with Crippen molar-refractivity contribution in [3.05, 3.63) is 48.0 Å². The number of ether oxygens (including phenoxy) is 5. The third-order valence-corrected chi connectivity index (χ3v) is 4.20. The summed E-state index contributed by atoms with van der Waals surface area (Å²) in [5, 5.41) is 2.28. The summed E-state index contributed by atoms with van der Waals surface area (Å²) in [6.45, 7) is 2.00. The lowest BCUT2D eigenvalue weighted by Crippen LogP contribution is -2.22. The molecule has 0 aliphatic rings. The Balaban J connectivity index is 1.84. The van der Waals surface area contributed by atoms with E-state index >= 15 is 0 Å². The number of benzene rings is 2. The van der Waals surface area contributed by atoms with Crippen molar-refractivity contribution in [1.29, 1.82) is 0 Å². The zero-order valence-corrected chi connectivity index (χ0v) is 18.8. The van der Waals surface area contributed by atoms with Crippen molar-refractivity contribution < 1.29 is 46.4 Å². The average Bonchev–Trinajstić information content (AvgIpc) is 2.79. The van der Waals surface area contributed by atoms with Crippen LogP contribution in [0.5, 0.6) is 17.2 Å². The van der Waals surface area contributed by atoms with Crippen LogP contribution in [0.15, 0.2) is 42.5 Å². The van der Waals surface area contributed by atoms with Crippen LogP contribution in [-0.4, -0.2) is 52.0 Å². The Morgan fingerprint density at radius 1 is 0.912 bits per heavy atom. The van der Waals surface area contributed by atoms with Gasteiger partial charge in [-0.15, -0.1) is 0 Å². The van der Waals surface area contributed by atoms with Gasteiger partial charge in [-0.25, -0.2) is 0 Å². The Kier molecular flexibility index (Phi) is 10.5. The van der Waals surface area contributed by atoms with Gasteiger partial charge in [0.2, 0.25) is 0 Å². The number of hydrogen-bond donors (Lipinski definition) is 1. The molecule has 0 aliphatic carbocycles. The topological polar surface area (TPSA) is 92.3 Å². The van der Waals surface area contributed by atoms with E-state index in [4.69, 9.17) is 23.7 Å². The minimum atomic E-state index is -4.61. The number of nitrogens with one attached hydrogen (secondary N) is 1. The van der Waals surface area contributed by atoms with Crippen molar-refractivity contribution in [3.8, 4) is 17.2 Å². The summed E-state index contributed by atoms with van der Waals surface area (Å²) >= 11 is 0. The third kappa shape index (κ3) is 9.18. The van der Waals surface area contributed by atoms with Gasteiger partial charge in [0.1, 0.15) is 23.9 Å². The second-order valence-corrected chi connectivity index (χ2v) is 6.76. The largest absolute Gasteiger partial charge is 0.494 e. The molecule has 0 spiro atoms. The lowest BCUT2D eigenvalue weighted by atomic mass is 10.1. The standard InChI is InChI=1S/C23H26F3NO7/c1-3-31-17-5-7-18(8-6-17)32-11-10-22(29)34-15-21(28)27-19-14-16(23(24,25)26)4-9-20(19)33-13-12-30-2/h4-9,14H,3,10-13,15H2,1-2H3,(H,27,28). The molecule has 11 heteroatoms. The van der Waals surface area contributed by atoms with Crippen LogP contribution >= 0.6 is 0 Å². The number of carbonyl (C=O) groups is 2. The number of rotatable bonds is 13. The fraction of sp³-hybridized carbons (Fsp3) is 0.391. The maximum Gasteiger partial charge on any atom is 0.416 e. The summed E-state index contributed by atoms with van der Waals surface area (Å²) < 4.78 is 64.9. The van der Waals surface area contributed by atoms with Crippen LogP contribution in [0.3, 0.4) is 0 Å². The second kappa shape index (κ2) is 13.3. The molecule has 0 unspecified atom stereocenters. The van der Waals surface area contributed by atoms with Gasteiger partial charge in [-0.2, -0.15) is 13.2 Å². The molecule has 34 heavy (non-hydrogen) atoms. The minimum absolute atomic E-state index is 0.0134. The van der Waals surface area contributed by atoms with Gasteiger partial charge in [-0.05, 0) is 49.4 Å². The molecule has 2 rings (SSSR count). The first kappa shape index (κ1) is 26.8. The number of esters is 1. The molecular weight excluding hydrogens is 459 g/mol. The monoisotopic (exact) mass is 485 g/mol. The zero-order valence-electron chi connectivity index (χ0n) is 18.8. The van der Waals surface area contributed by atoms with Gasteiger partial charge in [0, 0.05) is 7.11 Å². The molecule has 0 fully saturated rings. The maximum absolute atomic E-state index is 13.0. The van der Waals surface area contributed by atoms with Crippen LogP contribution in [-0.2, 0) is 25.2 Å². The Morgan fingerprint density at radius 3 is 2.21 bits per heavy atom. The molecule has 8 nitrogen and oxygen atoms in total. The molecule has 0 heterocycles. The molecule has 1 amide bonds. The van der Waals surface area contributed by atoms with E-state index in [1.54, 1.807) is 24.3 Å². The summed E-state index contributed by atoms with van der Waals surface area (Å²) in [5.41, 5.74) is -1.17. The van der Waals surface area contributed by atoms with Crippen LogP contribution < -0.4 is 19.5 Å². The minimum Gasteiger partial charge on any atom is -0.494 e. The number of halogens is 3. The highest BCUT2D eigenvalue weighted by Gasteiger charge is 2.31. The zero-order chi connectivity index (χ0) is 25.0. The Labute approximate surface area is 194 Å². The fourth-order valence-electron chi connectivity index (χ4n) is 2.62. The second-order valence-electron chi connectivity index (χ2n) is 6.76. The van der Waals surface area contributed by atoms with Crippen molar-refractivity contribution in [3.63, 3.8) is 0 Å². The summed E-state index contributed by atoms with van der Waals surface area (Å²) in [6, 6.07) is 9.49. The molecule has 0 saturated heterocycles. The van der Waals surface area contributed by atoms with Gasteiger partial charge in [0.15, 0.2) is 6.61 Å². The molecule has 0 atom stereocenters. The Hall–Kier alpha value is -3.47. The summed E-state index contributed by atoms with van der Waals surface area (Å²) in [5.74, 6) is -0.292. The quantitative estimate of drug-likeness (QED) is 0.338. The molecule has 186 valence electrons. The van der Waals surface area contributed by atoms with Gasteiger partial charge in [-0.3, -0.25) is 9.59 Å². The summed E-state index contributed by atoms with van der Waals surface area (Å²) in [6.07, 6.45) is -4.74. The molecular formula is C23H26F3NO7. The van der Waals surface area contributed by atoms with Crippen LogP contribution in [0.1, 0.15) is 18.9 Å². The fourth-order valence-corrected chi connectivity index (χ4v) is 2.62. The van der Waals surface area contributed by atoms with Gasteiger partial charge in [0.05, 0.1) is 37.5 Å². The SMILES string of the molecule is CCOc1ccc(OCCC(=O)OCC(=O)Nc2cc(C(F)(F)F)ccc2OCCOC)cc1. The Morgan fingerprint density at radius 2 is 1.59 bits per heavy atom. The highest BCUT2D eigenvalue weighted by atomic mass is 19.4. The third-order valence-electron chi connectivity index (χ3n) is 4.20. The lowest BCUT2D eigenvalue weighted by molar-refractivity contribution is -0.147. The summed E-state index contributed by atoms with van der Waals surface area (Å²) in [4.78, 5) is 24.0.